The molecule has 0 bridgehead atoms. The minimum Gasteiger partial charge on any atom is -0.420 e. The van der Waals surface area contributed by atoms with Crippen LogP contribution in [0, 0.1) is 0 Å². The van der Waals surface area contributed by atoms with Crippen LogP contribution in [0.25, 0.3) is 66.5 Å². The first-order valence-corrected chi connectivity index (χ1v) is 18.1. The number of hydrogen-bond donors (Lipinski definition) is 0. The minimum absolute atomic E-state index is 0.0666. The van der Waals surface area contributed by atoms with Crippen LogP contribution in [0.3, 0.4) is 0 Å². The van der Waals surface area contributed by atoms with Gasteiger partial charge in [0.05, 0.1) is 16.6 Å². The number of hydrogen-bond acceptors (Lipinski definition) is 9. The minimum atomic E-state index is -0.901. The van der Waals surface area contributed by atoms with E-state index in [4.69, 9.17) is 29.2 Å². The Morgan fingerprint density at radius 3 is 0.825 bits per heavy atom. The van der Waals surface area contributed by atoms with Gasteiger partial charge in [-0.05, 0) is 18.2 Å². The van der Waals surface area contributed by atoms with Crippen molar-refractivity contribution < 1.29 is 28.6 Å². The van der Waals surface area contributed by atoms with Crippen LogP contribution in [0.4, 0.5) is 0 Å². The van der Waals surface area contributed by atoms with Crippen LogP contribution in [0.1, 0.15) is 31.1 Å². The van der Waals surface area contributed by atoms with Gasteiger partial charge in [0.1, 0.15) is 33.8 Å². The predicted molar refractivity (Wildman–Crippen MR) is 216 cm³/mol. The number of ether oxygens (including phenoxy) is 3. The lowest BCUT2D eigenvalue weighted by Crippen LogP contribution is -2.23. The largest absolute Gasteiger partial charge is 0.420 e. The Kier molecular flexibility index (Phi) is 8.04. The van der Waals surface area contributed by atoms with Crippen molar-refractivity contribution in [2.75, 3.05) is 0 Å². The third-order valence-corrected chi connectivity index (χ3v) is 9.88. The first-order chi connectivity index (χ1) is 28.0. The van der Waals surface area contributed by atoms with Crippen molar-refractivity contribution in [1.29, 1.82) is 0 Å². The van der Waals surface area contributed by atoms with E-state index in [9.17, 15) is 0 Å². The molecule has 0 saturated carbocycles. The van der Waals surface area contributed by atoms with Gasteiger partial charge in [-0.15, -0.1) is 0 Å². The molecule has 0 fully saturated rings. The van der Waals surface area contributed by atoms with Gasteiger partial charge >= 0.3 is 17.9 Å². The fourth-order valence-electron chi connectivity index (χ4n) is 7.30. The van der Waals surface area contributed by atoms with Gasteiger partial charge in [-0.2, -0.15) is 0 Å². The van der Waals surface area contributed by atoms with E-state index in [2.05, 4.69) is 0 Å². The summed E-state index contributed by atoms with van der Waals surface area (Å²) in [6, 6.07) is 48.5. The summed E-state index contributed by atoms with van der Waals surface area (Å²) in [6.07, 6.45) is 0. The van der Waals surface area contributed by atoms with E-state index >= 15 is 14.4 Å². The number of esters is 3. The van der Waals surface area contributed by atoms with E-state index in [-0.39, 0.29) is 51.0 Å². The van der Waals surface area contributed by atoms with Crippen LogP contribution in [0.5, 0.6) is 17.2 Å². The Bertz CT molecular complexity index is 2760. The SMILES string of the molecule is O=C1Oc2c(-c3ccccc3)nc3ccccc3c2C(=O)Oc2c(-c3ccccc3)nc3ccccc3c2C(=O)Oc2c(-c3ccccc3)nc3ccccc3c21. The third kappa shape index (κ3) is 5.73. The van der Waals surface area contributed by atoms with E-state index < -0.39 is 17.9 Å². The molecule has 1 aliphatic heterocycles. The molecule has 0 N–H and O–H groups in total. The lowest BCUT2D eigenvalue weighted by molar-refractivity contribution is 0.0682. The van der Waals surface area contributed by atoms with Gasteiger partial charge in [0, 0.05) is 32.8 Å². The van der Waals surface area contributed by atoms with Crippen LogP contribution in [0.15, 0.2) is 164 Å². The molecule has 0 unspecified atom stereocenters. The highest BCUT2D eigenvalue weighted by Gasteiger charge is 2.35. The Labute approximate surface area is 324 Å². The van der Waals surface area contributed by atoms with Crippen molar-refractivity contribution in [3.63, 3.8) is 0 Å². The second kappa shape index (κ2) is 13.7. The second-order valence-corrected chi connectivity index (χ2v) is 13.3. The van der Waals surface area contributed by atoms with E-state index in [0.717, 1.165) is 0 Å². The lowest BCUT2D eigenvalue weighted by atomic mass is 9.99. The van der Waals surface area contributed by atoms with E-state index in [1.165, 1.54) is 0 Å². The fourth-order valence-corrected chi connectivity index (χ4v) is 7.30. The highest BCUT2D eigenvalue weighted by Crippen LogP contribution is 2.44. The van der Waals surface area contributed by atoms with Crippen molar-refractivity contribution in [3.05, 3.63) is 180 Å². The second-order valence-electron chi connectivity index (χ2n) is 13.3. The maximum absolute atomic E-state index is 15.1. The molecule has 1 aliphatic rings. The molecule has 0 saturated heterocycles. The maximum Gasteiger partial charge on any atom is 0.348 e. The van der Waals surface area contributed by atoms with Crippen LogP contribution >= 0.6 is 0 Å². The highest BCUT2D eigenvalue weighted by atomic mass is 16.6. The average Bonchev–Trinajstić information content (AvgIpc) is 3.26. The Morgan fingerprint density at radius 2 is 0.544 bits per heavy atom. The van der Waals surface area contributed by atoms with Gasteiger partial charge in [-0.3, -0.25) is 0 Å². The van der Waals surface area contributed by atoms with Gasteiger partial charge in [0.25, 0.3) is 0 Å². The van der Waals surface area contributed by atoms with Crippen molar-refractivity contribution in [1.82, 2.24) is 15.0 Å². The zero-order valence-corrected chi connectivity index (χ0v) is 29.9. The Balaban J connectivity index is 1.37. The van der Waals surface area contributed by atoms with Crippen LogP contribution in [-0.4, -0.2) is 32.9 Å². The molecule has 57 heavy (non-hydrogen) atoms. The number of carbonyl (C=O) groups excluding carboxylic acids is 3. The summed E-state index contributed by atoms with van der Waals surface area (Å²) in [4.78, 5) is 60.1. The van der Waals surface area contributed by atoms with Crippen molar-refractivity contribution >= 4 is 50.6 Å². The summed E-state index contributed by atoms with van der Waals surface area (Å²) in [5.41, 5.74) is 3.60. The zero-order valence-electron chi connectivity index (χ0n) is 29.9. The monoisotopic (exact) mass is 741 g/mol. The molecule has 4 heterocycles. The summed E-state index contributed by atoms with van der Waals surface area (Å²) in [7, 11) is 0. The predicted octanol–water partition coefficient (Wildman–Crippen LogP) is 10.3. The van der Waals surface area contributed by atoms with Gasteiger partial charge in [-0.1, -0.05) is 146 Å². The molecule has 0 radical (unpaired) electrons. The molecular weight excluding hydrogens is 715 g/mol. The van der Waals surface area contributed by atoms with Crippen molar-refractivity contribution in [3.8, 4) is 51.0 Å². The molecule has 0 spiro atoms. The molecule has 0 aliphatic carbocycles. The van der Waals surface area contributed by atoms with Gasteiger partial charge in [0.2, 0.25) is 0 Å². The normalized spacial score (nSPS) is 12.7. The van der Waals surface area contributed by atoms with Crippen molar-refractivity contribution in [2.45, 2.75) is 0 Å². The van der Waals surface area contributed by atoms with Crippen molar-refractivity contribution in [2.24, 2.45) is 0 Å². The first-order valence-electron chi connectivity index (χ1n) is 18.1. The smallest absolute Gasteiger partial charge is 0.348 e. The summed E-state index contributed by atoms with van der Waals surface area (Å²) in [5, 5.41) is 1.10. The standard InChI is InChI=1S/C48H27N3O6/c52-46-37-31-22-10-13-25-34(31)49-40(28-16-4-1-5-17-28)43(37)55-47(53)38-32-23-11-14-26-35(32)50-41(29-18-6-2-7-19-29)44(38)57-48(54)39-33-24-12-15-27-36(33)51-42(45(39)56-46)30-20-8-3-9-21-30/h1-27H. The molecule has 10 rings (SSSR count). The molecule has 9 aromatic rings. The molecule has 9 heteroatoms. The number of fused-ring (bicyclic) bond motifs is 9. The third-order valence-electron chi connectivity index (χ3n) is 9.88. The number of aromatic nitrogens is 3. The molecule has 0 amide bonds. The number of benzene rings is 6. The Hall–Kier alpha value is -8.04. The molecule has 6 aromatic carbocycles. The van der Waals surface area contributed by atoms with Gasteiger partial charge in [-0.25, -0.2) is 29.3 Å². The molecule has 3 aromatic heterocycles. The first kappa shape index (κ1) is 33.5. The van der Waals surface area contributed by atoms with Crippen LogP contribution in [-0.2, 0) is 0 Å². The van der Waals surface area contributed by atoms with Crippen LogP contribution in [0.2, 0.25) is 0 Å². The van der Waals surface area contributed by atoms with Crippen LogP contribution < -0.4 is 14.2 Å². The maximum atomic E-state index is 15.1. The van der Waals surface area contributed by atoms with E-state index in [1.54, 1.807) is 72.8 Å². The topological polar surface area (TPSA) is 118 Å². The number of nitrogens with zero attached hydrogens (tertiary/aromatic N) is 3. The van der Waals surface area contributed by atoms with E-state index in [1.807, 2.05) is 91.0 Å². The molecule has 0 atom stereocenters. The molecule has 9 nitrogen and oxygen atoms in total. The number of rotatable bonds is 3. The number of para-hydroxylation sites is 3. The van der Waals surface area contributed by atoms with E-state index in [0.29, 0.717) is 49.4 Å². The summed E-state index contributed by atoms with van der Waals surface area (Å²) >= 11 is 0. The fraction of sp³-hybridized carbons (Fsp3) is 0. The number of carbonyl (C=O) groups is 3. The lowest BCUT2D eigenvalue weighted by Gasteiger charge is -2.22. The van der Waals surface area contributed by atoms with Gasteiger partial charge < -0.3 is 14.2 Å². The Morgan fingerprint density at radius 1 is 0.298 bits per heavy atom. The summed E-state index contributed by atoms with van der Waals surface area (Å²) < 4.78 is 19.3. The summed E-state index contributed by atoms with van der Waals surface area (Å²) in [5.74, 6) is -3.10. The molecular formula is C48H27N3O6. The van der Waals surface area contributed by atoms with Gasteiger partial charge in [0.15, 0.2) is 17.2 Å². The highest BCUT2D eigenvalue weighted by molar-refractivity contribution is 6.16. The zero-order chi connectivity index (χ0) is 38.5. The molecule has 270 valence electrons. The number of pyridine rings is 3. The average molecular weight is 742 g/mol. The summed E-state index contributed by atoms with van der Waals surface area (Å²) in [6.45, 7) is 0. The quantitative estimate of drug-likeness (QED) is 0.163.